The Kier molecular flexibility index (Phi) is 7.08. The molecule has 2 nitrogen and oxygen atoms in total. The third-order valence-electron chi connectivity index (χ3n) is 0.874. The van der Waals surface area contributed by atoms with Crippen molar-refractivity contribution in [3.63, 3.8) is 0 Å². The summed E-state index contributed by atoms with van der Waals surface area (Å²) in [5, 5.41) is 9.89. The molecule has 0 unspecified atom stereocenters. The zero-order valence-corrected chi connectivity index (χ0v) is 5.80. The summed E-state index contributed by atoms with van der Waals surface area (Å²) in [7, 11) is 0. The van der Waals surface area contributed by atoms with Crippen LogP contribution in [0.4, 0.5) is 0 Å². The second-order valence-electron chi connectivity index (χ2n) is 1.67. The van der Waals surface area contributed by atoms with E-state index in [-0.39, 0.29) is 6.61 Å². The van der Waals surface area contributed by atoms with Crippen LogP contribution in [0.3, 0.4) is 0 Å². The van der Waals surface area contributed by atoms with Gasteiger partial charge in [0.05, 0.1) is 19.5 Å². The summed E-state index contributed by atoms with van der Waals surface area (Å²) < 4.78 is 4.90. The third-order valence-corrected chi connectivity index (χ3v) is 0.874. The molecule has 2 heteroatoms. The summed E-state index contributed by atoms with van der Waals surface area (Å²) in [6.45, 7) is 2.64. The van der Waals surface area contributed by atoms with E-state index < -0.39 is 0 Å². The van der Waals surface area contributed by atoms with Gasteiger partial charge in [-0.3, -0.25) is 0 Å². The Labute approximate surface area is 56.1 Å². The Morgan fingerprint density at radius 3 is 2.89 bits per heavy atom. The molecule has 0 atom stereocenters. The van der Waals surface area contributed by atoms with Gasteiger partial charge in [0.25, 0.3) is 0 Å². The Bertz CT molecular complexity index is 69.3. The number of ether oxygens (including phenoxy) is 1. The number of rotatable bonds is 5. The van der Waals surface area contributed by atoms with E-state index in [1.165, 1.54) is 0 Å². The van der Waals surface area contributed by atoms with Gasteiger partial charge in [-0.05, 0) is 25.8 Å². The molecule has 1 radical (unpaired) electrons. The monoisotopic (exact) mass is 129 g/mol. The van der Waals surface area contributed by atoms with Crippen LogP contribution in [0, 0.1) is 0 Å². The molecular weight excluding hydrogens is 116 g/mol. The van der Waals surface area contributed by atoms with Gasteiger partial charge >= 0.3 is 0 Å². The Hall–Kier alpha value is -0.500. The molecule has 0 rings (SSSR count). The molecule has 0 aromatic carbocycles. The van der Waals surface area contributed by atoms with Crippen LogP contribution < -0.4 is 0 Å². The van der Waals surface area contributed by atoms with E-state index in [9.17, 15) is 5.11 Å². The summed E-state index contributed by atoms with van der Waals surface area (Å²) in [5.41, 5.74) is 0. The van der Waals surface area contributed by atoms with Crippen LogP contribution >= 0.6 is 0 Å². The molecule has 53 valence electrons. The smallest absolute Gasteiger partial charge is 0.0845 e. The van der Waals surface area contributed by atoms with Gasteiger partial charge in [-0.25, -0.2) is 5.11 Å². The van der Waals surface area contributed by atoms with E-state index in [2.05, 4.69) is 0 Å². The lowest BCUT2D eigenvalue weighted by molar-refractivity contribution is 0.189. The van der Waals surface area contributed by atoms with E-state index in [1.54, 1.807) is 6.26 Å². The van der Waals surface area contributed by atoms with Crippen LogP contribution in [-0.4, -0.2) is 13.2 Å². The van der Waals surface area contributed by atoms with Gasteiger partial charge in [-0.1, -0.05) is 0 Å². The molecule has 0 saturated carbocycles. The minimum atomic E-state index is 0.0104. The maximum absolute atomic E-state index is 9.89. The predicted molar refractivity (Wildman–Crippen MR) is 35.6 cm³/mol. The zero-order valence-electron chi connectivity index (χ0n) is 5.80. The molecule has 0 heterocycles. The molecule has 0 aromatic rings. The molecule has 0 amide bonds. The lowest BCUT2D eigenvalue weighted by Crippen LogP contribution is -1.79. The quantitative estimate of drug-likeness (QED) is 0.410. The first-order valence-electron chi connectivity index (χ1n) is 3.26. The minimum Gasteiger partial charge on any atom is -0.502 e. The normalized spacial score (nSPS) is 10.4. The van der Waals surface area contributed by atoms with E-state index in [1.807, 2.05) is 13.0 Å². The van der Waals surface area contributed by atoms with Gasteiger partial charge in [0.2, 0.25) is 0 Å². The third kappa shape index (κ3) is 7.50. The number of unbranched alkanes of at least 4 members (excludes halogenated alkanes) is 1. The van der Waals surface area contributed by atoms with Crippen molar-refractivity contribution in [2.45, 2.75) is 19.8 Å². The molecule has 0 fully saturated rings. The van der Waals surface area contributed by atoms with Crippen LogP contribution in [0.2, 0.25) is 0 Å². The van der Waals surface area contributed by atoms with E-state index in [4.69, 9.17) is 4.74 Å². The molecular formula is C7H13O2. The molecule has 0 N–H and O–H groups in total. The molecule has 0 aliphatic rings. The maximum Gasteiger partial charge on any atom is 0.0845 e. The molecule has 0 aliphatic heterocycles. The topological polar surface area (TPSA) is 29.1 Å². The van der Waals surface area contributed by atoms with Crippen molar-refractivity contribution in [3.8, 4) is 0 Å². The van der Waals surface area contributed by atoms with Gasteiger partial charge in [0, 0.05) is 0 Å². The minimum absolute atomic E-state index is 0.0104. The van der Waals surface area contributed by atoms with Crippen molar-refractivity contribution in [1.29, 1.82) is 0 Å². The standard InChI is InChI=1S/C7H13O2/c1-2-9-7-5-3-4-6-8/h5,7H,2-4,6H2,1H3/b7-5+. The molecule has 0 aromatic heterocycles. The van der Waals surface area contributed by atoms with Gasteiger partial charge in [0.15, 0.2) is 0 Å². The van der Waals surface area contributed by atoms with Crippen molar-refractivity contribution in [2.75, 3.05) is 13.2 Å². The summed E-state index contributed by atoms with van der Waals surface area (Å²) >= 11 is 0. The van der Waals surface area contributed by atoms with Gasteiger partial charge in [0.1, 0.15) is 0 Å². The van der Waals surface area contributed by atoms with E-state index in [0.29, 0.717) is 13.0 Å². The van der Waals surface area contributed by atoms with Crippen LogP contribution in [0.1, 0.15) is 19.8 Å². The average molecular weight is 129 g/mol. The highest BCUT2D eigenvalue weighted by Gasteiger charge is 1.78. The van der Waals surface area contributed by atoms with Crippen LogP contribution in [0.25, 0.3) is 0 Å². The summed E-state index contributed by atoms with van der Waals surface area (Å²) in [4.78, 5) is 0. The zero-order chi connectivity index (χ0) is 6.95. The fourth-order valence-electron chi connectivity index (χ4n) is 0.433. The Balaban J connectivity index is 2.86. The fraction of sp³-hybridized carbons (Fsp3) is 0.714. The highest BCUT2D eigenvalue weighted by molar-refractivity contribution is 4.72. The van der Waals surface area contributed by atoms with Gasteiger partial charge in [-0.15, -0.1) is 0 Å². The van der Waals surface area contributed by atoms with E-state index >= 15 is 0 Å². The summed E-state index contributed by atoms with van der Waals surface area (Å²) in [5.74, 6) is 0. The number of allylic oxidation sites excluding steroid dienone is 1. The first kappa shape index (κ1) is 8.50. The molecule has 0 bridgehead atoms. The summed E-state index contributed by atoms with van der Waals surface area (Å²) in [6, 6.07) is 0. The lowest BCUT2D eigenvalue weighted by Gasteiger charge is -1.90. The lowest BCUT2D eigenvalue weighted by atomic mass is 10.3. The molecule has 0 spiro atoms. The highest BCUT2D eigenvalue weighted by Crippen LogP contribution is 1.89. The fourth-order valence-corrected chi connectivity index (χ4v) is 0.433. The SMILES string of the molecule is CCO/C=C/CCC[O]. The summed E-state index contributed by atoms with van der Waals surface area (Å²) in [6.07, 6.45) is 5.07. The average Bonchev–Trinajstić information content (AvgIpc) is 1.89. The van der Waals surface area contributed by atoms with Crippen molar-refractivity contribution in [2.24, 2.45) is 0 Å². The van der Waals surface area contributed by atoms with Crippen LogP contribution in [-0.2, 0) is 9.84 Å². The van der Waals surface area contributed by atoms with Gasteiger partial charge < -0.3 is 4.74 Å². The highest BCUT2D eigenvalue weighted by atomic mass is 16.5. The van der Waals surface area contributed by atoms with Crippen LogP contribution in [0.5, 0.6) is 0 Å². The Morgan fingerprint density at radius 2 is 2.33 bits per heavy atom. The molecule has 0 aliphatic carbocycles. The Morgan fingerprint density at radius 1 is 1.56 bits per heavy atom. The number of hydrogen-bond acceptors (Lipinski definition) is 1. The van der Waals surface area contributed by atoms with Crippen molar-refractivity contribution >= 4 is 0 Å². The van der Waals surface area contributed by atoms with Crippen LogP contribution in [0.15, 0.2) is 12.3 Å². The van der Waals surface area contributed by atoms with Gasteiger partial charge in [-0.2, -0.15) is 0 Å². The molecule has 0 saturated heterocycles. The second kappa shape index (κ2) is 7.50. The maximum atomic E-state index is 9.89. The largest absolute Gasteiger partial charge is 0.502 e. The first-order valence-corrected chi connectivity index (χ1v) is 3.26. The number of hydrogen-bond donors (Lipinski definition) is 0. The second-order valence-corrected chi connectivity index (χ2v) is 1.67. The predicted octanol–water partition coefficient (Wildman–Crippen LogP) is 1.75. The van der Waals surface area contributed by atoms with Crippen molar-refractivity contribution < 1.29 is 9.84 Å². The first-order chi connectivity index (χ1) is 4.41. The van der Waals surface area contributed by atoms with Crippen molar-refractivity contribution in [3.05, 3.63) is 12.3 Å². The van der Waals surface area contributed by atoms with E-state index in [0.717, 1.165) is 6.42 Å². The van der Waals surface area contributed by atoms with Crippen molar-refractivity contribution in [1.82, 2.24) is 0 Å². The molecule has 9 heavy (non-hydrogen) atoms.